The number of fused-ring (bicyclic) bond motifs is 1. The third-order valence-electron chi connectivity index (χ3n) is 3.31. The quantitative estimate of drug-likeness (QED) is 0.703. The third kappa shape index (κ3) is 2.94. The van der Waals surface area contributed by atoms with Crippen LogP contribution in [0.3, 0.4) is 0 Å². The topological polar surface area (TPSA) is 64.9 Å². The summed E-state index contributed by atoms with van der Waals surface area (Å²) in [4.78, 5) is 4.42. The van der Waals surface area contributed by atoms with Crippen LogP contribution in [0.15, 0.2) is 42.9 Å². The molecule has 0 aliphatic rings. The second-order valence-electron chi connectivity index (χ2n) is 4.66. The van der Waals surface area contributed by atoms with E-state index < -0.39 is 0 Å². The molecule has 108 valence electrons. The zero-order valence-electron chi connectivity index (χ0n) is 11.9. The highest BCUT2D eigenvalue weighted by atomic mass is 16.5. The number of aromatic nitrogens is 4. The number of nitrogens with one attached hydrogen (secondary N) is 1. The van der Waals surface area contributed by atoms with Gasteiger partial charge >= 0.3 is 0 Å². The van der Waals surface area contributed by atoms with Crippen LogP contribution in [0.25, 0.3) is 10.8 Å². The standard InChI is InChI=1S/C15H17N5O/c1-21-14-5-2-4-13-12(14)6-8-17-15(13)16-7-3-10-20-11-9-18-19-20/h2,4-6,8-9,11H,3,7,10H2,1H3,(H,16,17). The van der Waals surface area contributed by atoms with E-state index >= 15 is 0 Å². The van der Waals surface area contributed by atoms with Gasteiger partial charge in [-0.2, -0.15) is 0 Å². The molecule has 3 aromatic rings. The summed E-state index contributed by atoms with van der Waals surface area (Å²) in [5, 5.41) is 13.2. The van der Waals surface area contributed by atoms with E-state index in [4.69, 9.17) is 4.74 Å². The Kier molecular flexibility index (Phi) is 3.95. The highest BCUT2D eigenvalue weighted by Gasteiger charge is 2.05. The first kappa shape index (κ1) is 13.4. The van der Waals surface area contributed by atoms with E-state index in [9.17, 15) is 0 Å². The van der Waals surface area contributed by atoms with Crippen molar-refractivity contribution in [3.63, 3.8) is 0 Å². The fourth-order valence-corrected chi connectivity index (χ4v) is 2.30. The Morgan fingerprint density at radius 2 is 2.14 bits per heavy atom. The van der Waals surface area contributed by atoms with E-state index in [1.807, 2.05) is 35.1 Å². The van der Waals surface area contributed by atoms with E-state index in [0.29, 0.717) is 0 Å². The Labute approximate surface area is 122 Å². The predicted octanol–water partition coefficient (Wildman–Crippen LogP) is 2.34. The number of benzene rings is 1. The molecule has 1 N–H and O–H groups in total. The fraction of sp³-hybridized carbons (Fsp3) is 0.267. The van der Waals surface area contributed by atoms with Crippen molar-refractivity contribution in [2.75, 3.05) is 19.0 Å². The number of methoxy groups -OCH3 is 1. The zero-order chi connectivity index (χ0) is 14.5. The smallest absolute Gasteiger partial charge is 0.133 e. The Bertz CT molecular complexity index is 711. The van der Waals surface area contributed by atoms with Crippen LogP contribution in [0, 0.1) is 0 Å². The van der Waals surface area contributed by atoms with Crippen molar-refractivity contribution >= 4 is 16.6 Å². The maximum atomic E-state index is 5.38. The molecule has 3 rings (SSSR count). The molecule has 2 aromatic heterocycles. The number of anilines is 1. The molecule has 0 aliphatic heterocycles. The predicted molar refractivity (Wildman–Crippen MR) is 81.4 cm³/mol. The Hall–Kier alpha value is -2.63. The van der Waals surface area contributed by atoms with E-state index in [1.165, 1.54) is 0 Å². The van der Waals surface area contributed by atoms with Crippen molar-refractivity contribution in [2.45, 2.75) is 13.0 Å². The molecule has 6 nitrogen and oxygen atoms in total. The summed E-state index contributed by atoms with van der Waals surface area (Å²) < 4.78 is 7.20. The van der Waals surface area contributed by atoms with E-state index in [0.717, 1.165) is 41.9 Å². The molecule has 21 heavy (non-hydrogen) atoms. The number of ether oxygens (including phenoxy) is 1. The first-order chi connectivity index (χ1) is 10.4. The molecule has 0 radical (unpaired) electrons. The second-order valence-corrected chi connectivity index (χ2v) is 4.66. The van der Waals surface area contributed by atoms with Gasteiger partial charge in [0.1, 0.15) is 11.6 Å². The molecule has 0 atom stereocenters. The van der Waals surface area contributed by atoms with Crippen molar-refractivity contribution in [3.8, 4) is 5.75 Å². The van der Waals surface area contributed by atoms with Crippen LogP contribution in [0.5, 0.6) is 5.75 Å². The van der Waals surface area contributed by atoms with E-state index in [2.05, 4.69) is 20.6 Å². The summed E-state index contributed by atoms with van der Waals surface area (Å²) in [6.45, 7) is 1.66. The lowest BCUT2D eigenvalue weighted by molar-refractivity contribution is 0.420. The summed E-state index contributed by atoms with van der Waals surface area (Å²) >= 11 is 0. The number of nitrogens with zero attached hydrogens (tertiary/aromatic N) is 4. The molecule has 0 amide bonds. The summed E-state index contributed by atoms with van der Waals surface area (Å²) in [5.74, 6) is 1.74. The van der Waals surface area contributed by atoms with E-state index in [1.54, 1.807) is 19.5 Å². The highest BCUT2D eigenvalue weighted by molar-refractivity contribution is 5.95. The van der Waals surface area contributed by atoms with Gasteiger partial charge < -0.3 is 10.1 Å². The Morgan fingerprint density at radius 1 is 1.19 bits per heavy atom. The van der Waals surface area contributed by atoms with Crippen LogP contribution in [0.1, 0.15) is 6.42 Å². The van der Waals surface area contributed by atoms with Gasteiger partial charge in [-0.1, -0.05) is 17.3 Å². The van der Waals surface area contributed by atoms with Crippen LogP contribution >= 0.6 is 0 Å². The number of aryl methyl sites for hydroxylation is 1. The van der Waals surface area contributed by atoms with Crippen LogP contribution in [-0.4, -0.2) is 33.6 Å². The monoisotopic (exact) mass is 283 g/mol. The van der Waals surface area contributed by atoms with Crippen molar-refractivity contribution in [1.29, 1.82) is 0 Å². The fourth-order valence-electron chi connectivity index (χ4n) is 2.30. The van der Waals surface area contributed by atoms with Crippen LogP contribution in [-0.2, 0) is 6.54 Å². The molecular formula is C15H17N5O. The highest BCUT2D eigenvalue weighted by Crippen LogP contribution is 2.28. The minimum Gasteiger partial charge on any atom is -0.496 e. The SMILES string of the molecule is COc1cccc2c(NCCCn3ccnn3)nccc12. The first-order valence-corrected chi connectivity index (χ1v) is 6.88. The van der Waals surface area contributed by atoms with E-state index in [-0.39, 0.29) is 0 Å². The summed E-state index contributed by atoms with van der Waals surface area (Å²) in [6, 6.07) is 7.94. The van der Waals surface area contributed by atoms with Crippen LogP contribution in [0.4, 0.5) is 5.82 Å². The molecule has 0 fully saturated rings. The van der Waals surface area contributed by atoms with Crippen LogP contribution < -0.4 is 10.1 Å². The first-order valence-electron chi connectivity index (χ1n) is 6.88. The van der Waals surface area contributed by atoms with Gasteiger partial charge in [-0.3, -0.25) is 4.68 Å². The van der Waals surface area contributed by atoms with Gasteiger partial charge in [-0.15, -0.1) is 5.10 Å². The lowest BCUT2D eigenvalue weighted by Gasteiger charge is -2.10. The van der Waals surface area contributed by atoms with Gasteiger partial charge in [0.2, 0.25) is 0 Å². The molecule has 0 aliphatic carbocycles. The zero-order valence-corrected chi connectivity index (χ0v) is 11.9. The average molecular weight is 283 g/mol. The van der Waals surface area contributed by atoms with Gasteiger partial charge in [0.05, 0.1) is 13.3 Å². The number of hydrogen-bond donors (Lipinski definition) is 1. The summed E-state index contributed by atoms with van der Waals surface area (Å²) in [7, 11) is 1.68. The van der Waals surface area contributed by atoms with Crippen molar-refractivity contribution in [2.24, 2.45) is 0 Å². The molecule has 1 aromatic carbocycles. The summed E-state index contributed by atoms with van der Waals surface area (Å²) in [6.07, 6.45) is 6.29. The van der Waals surface area contributed by atoms with Crippen molar-refractivity contribution in [1.82, 2.24) is 20.0 Å². The van der Waals surface area contributed by atoms with Gasteiger partial charge in [0.25, 0.3) is 0 Å². The molecular weight excluding hydrogens is 266 g/mol. The minimum atomic E-state index is 0.823. The van der Waals surface area contributed by atoms with Crippen LogP contribution in [0.2, 0.25) is 0 Å². The lowest BCUT2D eigenvalue weighted by Crippen LogP contribution is -2.08. The molecule has 0 spiro atoms. The number of rotatable bonds is 6. The second kappa shape index (κ2) is 6.21. The van der Waals surface area contributed by atoms with Crippen molar-refractivity contribution < 1.29 is 4.74 Å². The van der Waals surface area contributed by atoms with Crippen molar-refractivity contribution in [3.05, 3.63) is 42.9 Å². The summed E-state index contributed by atoms with van der Waals surface area (Å²) in [5.41, 5.74) is 0. The number of pyridine rings is 1. The average Bonchev–Trinajstić information content (AvgIpc) is 3.04. The van der Waals surface area contributed by atoms with Gasteiger partial charge in [-0.25, -0.2) is 4.98 Å². The lowest BCUT2D eigenvalue weighted by atomic mass is 10.1. The molecule has 0 unspecified atom stereocenters. The minimum absolute atomic E-state index is 0.823. The molecule has 0 saturated carbocycles. The number of hydrogen-bond acceptors (Lipinski definition) is 5. The van der Waals surface area contributed by atoms with Gasteiger partial charge in [0.15, 0.2) is 0 Å². The van der Waals surface area contributed by atoms with Gasteiger partial charge in [-0.05, 0) is 18.6 Å². The molecule has 2 heterocycles. The normalized spacial score (nSPS) is 10.7. The largest absolute Gasteiger partial charge is 0.496 e. The molecule has 6 heteroatoms. The Balaban J connectivity index is 1.69. The maximum absolute atomic E-state index is 5.38. The van der Waals surface area contributed by atoms with Gasteiger partial charge in [0, 0.05) is 36.3 Å². The molecule has 0 bridgehead atoms. The maximum Gasteiger partial charge on any atom is 0.133 e. The molecule has 0 saturated heterocycles. The Morgan fingerprint density at radius 3 is 2.95 bits per heavy atom. The third-order valence-corrected chi connectivity index (χ3v) is 3.31.